The molecule has 2 aromatic carbocycles. The number of nitrogens with zero attached hydrogens (tertiary/aromatic N) is 1. The van der Waals surface area contributed by atoms with Gasteiger partial charge in [-0.1, -0.05) is 30.3 Å². The number of nitrogens with one attached hydrogen (secondary N) is 1. The summed E-state index contributed by atoms with van der Waals surface area (Å²) in [6.07, 6.45) is -0.615. The van der Waals surface area contributed by atoms with Crippen molar-refractivity contribution in [1.82, 2.24) is 9.62 Å². The lowest BCUT2D eigenvalue weighted by atomic mass is 10.2. The van der Waals surface area contributed by atoms with Crippen molar-refractivity contribution in [3.63, 3.8) is 0 Å². The highest BCUT2D eigenvalue weighted by Gasteiger charge is 2.34. The number of hydrogen-bond acceptors (Lipinski definition) is 5. The van der Waals surface area contributed by atoms with Gasteiger partial charge < -0.3 is 9.47 Å². The Morgan fingerprint density at radius 3 is 2.33 bits per heavy atom. The van der Waals surface area contributed by atoms with Crippen LogP contribution in [0.5, 0.6) is 5.75 Å². The molecule has 164 valence electrons. The molecule has 11 heteroatoms. The summed E-state index contributed by atoms with van der Waals surface area (Å²) in [5, 5.41) is 0. The molecule has 0 unspecified atom stereocenters. The molecule has 6 nitrogen and oxygen atoms in total. The minimum atomic E-state index is -4.90. The maximum absolute atomic E-state index is 14.1. The molecule has 2 aromatic rings. The third-order valence-corrected chi connectivity index (χ3v) is 6.07. The largest absolute Gasteiger partial charge is 0.491 e. The molecule has 0 amide bonds. The summed E-state index contributed by atoms with van der Waals surface area (Å²) in [7, 11) is -4.10. The molecule has 1 atom stereocenters. The Morgan fingerprint density at radius 2 is 1.73 bits per heavy atom. The van der Waals surface area contributed by atoms with Gasteiger partial charge >= 0.3 is 0 Å². The van der Waals surface area contributed by atoms with Crippen LogP contribution < -0.4 is 9.46 Å². The fourth-order valence-electron chi connectivity index (χ4n) is 3.17. The minimum absolute atomic E-state index is 0.327. The summed E-state index contributed by atoms with van der Waals surface area (Å²) >= 11 is 0. The first kappa shape index (κ1) is 22.5. The van der Waals surface area contributed by atoms with Gasteiger partial charge in [0.15, 0.2) is 22.3 Å². The topological polar surface area (TPSA) is 67.9 Å². The Balaban J connectivity index is 1.71. The van der Waals surface area contributed by atoms with Gasteiger partial charge in [0.05, 0.1) is 19.8 Å². The van der Waals surface area contributed by atoms with Gasteiger partial charge in [0, 0.05) is 26.2 Å². The van der Waals surface area contributed by atoms with Gasteiger partial charge in [-0.3, -0.25) is 4.90 Å². The molecular formula is C19H20F4N2O4S. The fraction of sp³-hybridized carbons (Fsp3) is 0.368. The van der Waals surface area contributed by atoms with E-state index in [9.17, 15) is 26.0 Å². The van der Waals surface area contributed by atoms with E-state index in [4.69, 9.17) is 4.74 Å². The number of sulfonamides is 1. The molecule has 0 spiro atoms. The highest BCUT2D eigenvalue weighted by Crippen LogP contribution is 2.32. The van der Waals surface area contributed by atoms with Gasteiger partial charge in [-0.15, -0.1) is 0 Å². The third kappa shape index (κ3) is 4.75. The van der Waals surface area contributed by atoms with Gasteiger partial charge in [0.1, 0.15) is 0 Å². The van der Waals surface area contributed by atoms with Gasteiger partial charge in [-0.05, 0) is 5.56 Å². The summed E-state index contributed by atoms with van der Waals surface area (Å²) in [6, 6.07) is 9.59. The monoisotopic (exact) mass is 448 g/mol. The SMILES string of the molecule is COc1c(F)c(F)c(S(=O)(=O)NC[C@H]2CN(Cc3ccccc3)CCO2)c(F)c1F. The normalized spacial score (nSPS) is 17.8. The average molecular weight is 448 g/mol. The first-order valence-corrected chi connectivity index (χ1v) is 10.5. The molecule has 1 aliphatic rings. The average Bonchev–Trinajstić information content (AvgIpc) is 2.72. The quantitative estimate of drug-likeness (QED) is 0.521. The molecule has 0 bridgehead atoms. The van der Waals surface area contributed by atoms with Crippen LogP contribution in [0.4, 0.5) is 17.6 Å². The van der Waals surface area contributed by atoms with Gasteiger partial charge in [0.25, 0.3) is 0 Å². The summed E-state index contributed by atoms with van der Waals surface area (Å²) in [5.74, 6) is -9.32. The van der Waals surface area contributed by atoms with Gasteiger partial charge in [-0.25, -0.2) is 21.9 Å². The Labute approximate surface area is 171 Å². The number of halogens is 4. The lowest BCUT2D eigenvalue weighted by Crippen LogP contribution is -2.47. The Kier molecular flexibility index (Phi) is 6.96. The zero-order chi connectivity index (χ0) is 21.9. The van der Waals surface area contributed by atoms with Crippen molar-refractivity contribution in [3.8, 4) is 5.75 Å². The molecule has 1 heterocycles. The smallest absolute Gasteiger partial charge is 0.246 e. The number of ether oxygens (including phenoxy) is 2. The first-order valence-electron chi connectivity index (χ1n) is 9.02. The van der Waals surface area contributed by atoms with Crippen LogP contribution in [-0.4, -0.2) is 52.8 Å². The van der Waals surface area contributed by atoms with E-state index in [2.05, 4.69) is 4.74 Å². The van der Waals surface area contributed by atoms with E-state index in [-0.39, 0.29) is 6.54 Å². The number of methoxy groups -OCH3 is 1. The summed E-state index contributed by atoms with van der Waals surface area (Å²) in [4.78, 5) is 0.293. The molecule has 1 fully saturated rings. The van der Waals surface area contributed by atoms with Crippen LogP contribution in [0, 0.1) is 23.3 Å². The van der Waals surface area contributed by atoms with Crippen LogP contribution in [-0.2, 0) is 21.3 Å². The summed E-state index contributed by atoms with van der Waals surface area (Å²) < 4.78 is 92.4. The van der Waals surface area contributed by atoms with Crippen LogP contribution in [0.25, 0.3) is 0 Å². The highest BCUT2D eigenvalue weighted by atomic mass is 32.2. The second-order valence-corrected chi connectivity index (χ2v) is 8.39. The fourth-order valence-corrected chi connectivity index (χ4v) is 4.37. The van der Waals surface area contributed by atoms with E-state index in [1.165, 1.54) is 0 Å². The summed E-state index contributed by atoms with van der Waals surface area (Å²) in [6.45, 7) is 1.59. The van der Waals surface area contributed by atoms with E-state index < -0.39 is 50.0 Å². The van der Waals surface area contributed by atoms with Crippen LogP contribution >= 0.6 is 0 Å². The minimum Gasteiger partial charge on any atom is -0.491 e. The number of rotatable bonds is 7. The lowest BCUT2D eigenvalue weighted by molar-refractivity contribution is -0.0277. The van der Waals surface area contributed by atoms with Gasteiger partial charge in [-0.2, -0.15) is 8.78 Å². The van der Waals surface area contributed by atoms with Crippen molar-refractivity contribution >= 4 is 10.0 Å². The third-order valence-electron chi connectivity index (χ3n) is 4.63. The van der Waals surface area contributed by atoms with Gasteiger partial charge in [0.2, 0.25) is 21.7 Å². The van der Waals surface area contributed by atoms with Crippen molar-refractivity contribution in [2.24, 2.45) is 0 Å². The van der Waals surface area contributed by atoms with Crippen LogP contribution in [0.15, 0.2) is 35.2 Å². The van der Waals surface area contributed by atoms with Crippen molar-refractivity contribution in [2.75, 3.05) is 33.4 Å². The molecule has 0 radical (unpaired) electrons. The van der Waals surface area contributed by atoms with Crippen molar-refractivity contribution in [2.45, 2.75) is 17.5 Å². The van der Waals surface area contributed by atoms with Crippen LogP contribution in [0.3, 0.4) is 0 Å². The van der Waals surface area contributed by atoms with E-state index in [1.54, 1.807) is 0 Å². The molecule has 3 rings (SSSR count). The second kappa shape index (κ2) is 9.29. The zero-order valence-electron chi connectivity index (χ0n) is 16.0. The summed E-state index contributed by atoms with van der Waals surface area (Å²) in [5.41, 5.74) is 1.06. The number of morpholine rings is 1. The Morgan fingerprint density at radius 1 is 1.10 bits per heavy atom. The molecule has 1 N–H and O–H groups in total. The standard InChI is InChI=1S/C19H20F4N2O4S/c1-28-18-14(20)16(22)19(17(23)15(18)21)30(26,27)24-9-13-11-25(7-8-29-13)10-12-5-3-2-4-6-12/h2-6,13,24H,7-11H2,1H3/t13-/m0/s1. The molecule has 1 saturated heterocycles. The highest BCUT2D eigenvalue weighted by molar-refractivity contribution is 7.89. The molecule has 0 aliphatic carbocycles. The Bertz CT molecular complexity index is 976. The molecule has 0 saturated carbocycles. The predicted molar refractivity (Wildman–Crippen MR) is 99.5 cm³/mol. The maximum Gasteiger partial charge on any atom is 0.246 e. The first-order chi connectivity index (χ1) is 14.2. The van der Waals surface area contributed by atoms with E-state index in [0.29, 0.717) is 26.2 Å². The maximum atomic E-state index is 14.1. The molecule has 30 heavy (non-hydrogen) atoms. The molecular weight excluding hydrogens is 428 g/mol. The van der Waals surface area contributed by atoms with Crippen molar-refractivity contribution in [1.29, 1.82) is 0 Å². The van der Waals surface area contributed by atoms with E-state index >= 15 is 0 Å². The molecule has 1 aliphatic heterocycles. The predicted octanol–water partition coefficient (Wildman–Crippen LogP) is 2.43. The Hall–Kier alpha value is -2.21. The van der Waals surface area contributed by atoms with E-state index in [1.807, 2.05) is 40.0 Å². The van der Waals surface area contributed by atoms with Crippen LogP contribution in [0.2, 0.25) is 0 Å². The lowest BCUT2D eigenvalue weighted by Gasteiger charge is -2.33. The molecule has 0 aromatic heterocycles. The second-order valence-electron chi connectivity index (χ2n) is 6.68. The van der Waals surface area contributed by atoms with Crippen molar-refractivity contribution < 1.29 is 35.5 Å². The van der Waals surface area contributed by atoms with E-state index in [0.717, 1.165) is 12.7 Å². The number of hydrogen-bond donors (Lipinski definition) is 1. The number of benzene rings is 2. The van der Waals surface area contributed by atoms with Crippen molar-refractivity contribution in [3.05, 3.63) is 59.2 Å². The zero-order valence-corrected chi connectivity index (χ0v) is 16.8. The van der Waals surface area contributed by atoms with Crippen LogP contribution in [0.1, 0.15) is 5.56 Å².